The Balaban J connectivity index is 1.94. The van der Waals surface area contributed by atoms with E-state index in [4.69, 9.17) is 10.3 Å². The molecule has 0 radical (unpaired) electrons. The van der Waals surface area contributed by atoms with Crippen molar-refractivity contribution in [3.05, 3.63) is 36.7 Å². The van der Waals surface area contributed by atoms with Gasteiger partial charge in [-0.05, 0) is 23.8 Å². The van der Waals surface area contributed by atoms with Gasteiger partial charge in [-0.1, -0.05) is 6.07 Å². The summed E-state index contributed by atoms with van der Waals surface area (Å²) in [6, 6.07) is 7.72. The van der Waals surface area contributed by atoms with Crippen molar-refractivity contribution in [2.75, 3.05) is 37.9 Å². The molecule has 1 aromatic carbocycles. The van der Waals surface area contributed by atoms with E-state index in [-0.39, 0.29) is 0 Å². The van der Waals surface area contributed by atoms with Gasteiger partial charge in [0.2, 0.25) is 5.95 Å². The van der Waals surface area contributed by atoms with E-state index >= 15 is 0 Å². The van der Waals surface area contributed by atoms with Crippen molar-refractivity contribution in [1.82, 2.24) is 14.6 Å². The van der Waals surface area contributed by atoms with E-state index in [1.54, 1.807) is 17.8 Å². The molecule has 2 aromatic heterocycles. The lowest BCUT2D eigenvalue weighted by Gasteiger charge is -2.08. The molecule has 2 heterocycles. The quantitative estimate of drug-likeness (QED) is 0.458. The Morgan fingerprint density at radius 1 is 1.33 bits per heavy atom. The molecule has 8 nitrogen and oxygen atoms in total. The van der Waals surface area contributed by atoms with Crippen LogP contribution in [0.3, 0.4) is 0 Å². The predicted molar refractivity (Wildman–Crippen MR) is 93.1 cm³/mol. The molecule has 0 saturated carbocycles. The maximum atomic E-state index is 7.20. The van der Waals surface area contributed by atoms with Gasteiger partial charge in [0.15, 0.2) is 0 Å². The summed E-state index contributed by atoms with van der Waals surface area (Å²) in [7, 11) is 3.47. The Morgan fingerprint density at radius 3 is 2.96 bits per heavy atom. The first-order valence-corrected chi connectivity index (χ1v) is 7.53. The Hall–Kier alpha value is -3.00. The molecule has 3 aromatic rings. The zero-order valence-electron chi connectivity index (χ0n) is 13.6. The standard InChI is InChI=1S/C16H19N7O/c1-18-14-9-11(3-4-13(14)21-17)12-5-7-23-15(12)10-20-16(22-23)19-6-8-24-2/h3-5,7,9-10,17-18H,6,8H2,1-2H3,(H,19,22). The molecular formula is C16H19N7O. The first-order chi connectivity index (χ1) is 11.8. The van der Waals surface area contributed by atoms with Gasteiger partial charge in [-0.2, -0.15) is 5.11 Å². The van der Waals surface area contributed by atoms with Crippen LogP contribution in [-0.4, -0.2) is 41.9 Å². The predicted octanol–water partition coefficient (Wildman–Crippen LogP) is 3.16. The summed E-state index contributed by atoms with van der Waals surface area (Å²) < 4.78 is 6.79. The molecule has 0 aliphatic carbocycles. The lowest BCUT2D eigenvalue weighted by molar-refractivity contribution is 0.210. The van der Waals surface area contributed by atoms with Crippen LogP contribution in [0.5, 0.6) is 0 Å². The fourth-order valence-electron chi connectivity index (χ4n) is 2.49. The highest BCUT2D eigenvalue weighted by atomic mass is 16.5. The van der Waals surface area contributed by atoms with Crippen LogP contribution in [0.15, 0.2) is 41.8 Å². The van der Waals surface area contributed by atoms with E-state index in [1.807, 2.05) is 37.5 Å². The molecule has 0 amide bonds. The number of anilines is 2. The van der Waals surface area contributed by atoms with Crippen molar-refractivity contribution in [2.24, 2.45) is 5.11 Å². The summed E-state index contributed by atoms with van der Waals surface area (Å²) >= 11 is 0. The number of ether oxygens (including phenoxy) is 1. The summed E-state index contributed by atoms with van der Waals surface area (Å²) in [6.45, 7) is 1.25. The number of benzene rings is 1. The molecule has 3 N–H and O–H groups in total. The Bertz CT molecular complexity index is 859. The Kier molecular flexibility index (Phi) is 4.66. The second-order valence-electron chi connectivity index (χ2n) is 5.15. The molecule has 0 unspecified atom stereocenters. The van der Waals surface area contributed by atoms with Gasteiger partial charge in [-0.25, -0.2) is 15.0 Å². The van der Waals surface area contributed by atoms with Gasteiger partial charge in [-0.3, -0.25) is 0 Å². The van der Waals surface area contributed by atoms with Crippen LogP contribution >= 0.6 is 0 Å². The summed E-state index contributed by atoms with van der Waals surface area (Å²) in [6.07, 6.45) is 3.69. The van der Waals surface area contributed by atoms with Crippen molar-refractivity contribution in [3.63, 3.8) is 0 Å². The van der Waals surface area contributed by atoms with Crippen molar-refractivity contribution in [1.29, 1.82) is 5.53 Å². The van der Waals surface area contributed by atoms with Gasteiger partial charge < -0.3 is 15.4 Å². The summed E-state index contributed by atoms with van der Waals surface area (Å²) in [5.41, 5.74) is 11.5. The minimum Gasteiger partial charge on any atom is -0.386 e. The average molecular weight is 325 g/mol. The monoisotopic (exact) mass is 325 g/mol. The minimum absolute atomic E-state index is 0.556. The normalized spacial score (nSPS) is 10.8. The molecule has 3 rings (SSSR count). The largest absolute Gasteiger partial charge is 0.386 e. The molecule has 0 bridgehead atoms. The molecule has 8 heteroatoms. The maximum Gasteiger partial charge on any atom is 0.241 e. The molecule has 24 heavy (non-hydrogen) atoms. The number of methoxy groups -OCH3 is 1. The van der Waals surface area contributed by atoms with Crippen molar-refractivity contribution in [3.8, 4) is 11.1 Å². The third-order valence-electron chi connectivity index (χ3n) is 3.70. The van der Waals surface area contributed by atoms with Crippen LogP contribution < -0.4 is 10.6 Å². The van der Waals surface area contributed by atoms with E-state index < -0.39 is 0 Å². The van der Waals surface area contributed by atoms with Crippen LogP contribution in [0.2, 0.25) is 0 Å². The van der Waals surface area contributed by atoms with Gasteiger partial charge in [0.05, 0.1) is 24.0 Å². The van der Waals surface area contributed by atoms with Crippen LogP contribution in [0.4, 0.5) is 17.3 Å². The van der Waals surface area contributed by atoms with Gasteiger partial charge >= 0.3 is 0 Å². The zero-order valence-corrected chi connectivity index (χ0v) is 13.6. The first kappa shape index (κ1) is 15.9. The lowest BCUT2D eigenvalue weighted by Crippen LogP contribution is -2.11. The van der Waals surface area contributed by atoms with Crippen LogP contribution in [0, 0.1) is 5.53 Å². The number of aromatic nitrogens is 3. The third-order valence-corrected chi connectivity index (χ3v) is 3.70. The molecule has 0 atom stereocenters. The van der Waals surface area contributed by atoms with Crippen LogP contribution in [-0.2, 0) is 4.74 Å². The molecule has 0 aliphatic heterocycles. The summed E-state index contributed by atoms with van der Waals surface area (Å²) in [5.74, 6) is 0.556. The van der Waals surface area contributed by atoms with Crippen molar-refractivity contribution in [2.45, 2.75) is 0 Å². The number of nitrogens with zero attached hydrogens (tertiary/aromatic N) is 4. The second kappa shape index (κ2) is 7.05. The number of hydrogen-bond acceptors (Lipinski definition) is 7. The molecular weight excluding hydrogens is 306 g/mol. The van der Waals surface area contributed by atoms with E-state index in [1.165, 1.54) is 0 Å². The van der Waals surface area contributed by atoms with E-state index in [9.17, 15) is 0 Å². The number of fused-ring (bicyclic) bond motifs is 1. The van der Waals surface area contributed by atoms with E-state index in [0.29, 0.717) is 24.8 Å². The van der Waals surface area contributed by atoms with Gasteiger partial charge in [0.25, 0.3) is 0 Å². The van der Waals surface area contributed by atoms with Crippen LogP contribution in [0.1, 0.15) is 0 Å². The van der Waals surface area contributed by atoms with E-state index in [0.717, 1.165) is 22.3 Å². The highest BCUT2D eigenvalue weighted by molar-refractivity contribution is 5.84. The Labute approximate surface area is 139 Å². The SMILES string of the molecule is CNc1cc(-c2ccn3nc(NCCOC)ncc23)ccc1N=N. The highest BCUT2D eigenvalue weighted by Gasteiger charge is 2.10. The second-order valence-corrected chi connectivity index (χ2v) is 5.15. The van der Waals surface area contributed by atoms with Crippen molar-refractivity contribution >= 4 is 22.8 Å². The summed E-state index contributed by atoms with van der Waals surface area (Å²) in [4.78, 5) is 4.35. The molecule has 0 spiro atoms. The fraction of sp³-hybridized carbons (Fsp3) is 0.250. The molecule has 0 fully saturated rings. The van der Waals surface area contributed by atoms with E-state index in [2.05, 4.69) is 25.8 Å². The maximum absolute atomic E-state index is 7.20. The van der Waals surface area contributed by atoms with Gasteiger partial charge in [0.1, 0.15) is 5.69 Å². The van der Waals surface area contributed by atoms with Gasteiger partial charge in [0, 0.05) is 32.5 Å². The average Bonchev–Trinajstić information content (AvgIpc) is 3.04. The molecule has 0 saturated heterocycles. The minimum atomic E-state index is 0.556. The molecule has 124 valence electrons. The third kappa shape index (κ3) is 3.04. The number of nitrogens with one attached hydrogen (secondary N) is 3. The smallest absolute Gasteiger partial charge is 0.241 e. The number of rotatable bonds is 7. The van der Waals surface area contributed by atoms with Crippen molar-refractivity contribution < 1.29 is 4.74 Å². The van der Waals surface area contributed by atoms with Gasteiger partial charge in [-0.15, -0.1) is 5.10 Å². The molecule has 0 aliphatic rings. The fourth-order valence-corrected chi connectivity index (χ4v) is 2.49. The summed E-state index contributed by atoms with van der Waals surface area (Å²) in [5, 5.41) is 14.1. The number of hydrogen-bond donors (Lipinski definition) is 3. The topological polar surface area (TPSA) is 99.7 Å². The first-order valence-electron chi connectivity index (χ1n) is 7.53. The van der Waals surface area contributed by atoms with Crippen LogP contribution in [0.25, 0.3) is 16.6 Å². The zero-order chi connectivity index (χ0) is 16.9. The lowest BCUT2D eigenvalue weighted by atomic mass is 10.1. The highest BCUT2D eigenvalue weighted by Crippen LogP contribution is 2.32. The Morgan fingerprint density at radius 2 is 2.21 bits per heavy atom.